The van der Waals surface area contributed by atoms with Crippen molar-refractivity contribution in [3.63, 3.8) is 0 Å². The van der Waals surface area contributed by atoms with Crippen LogP contribution in [0.5, 0.6) is 23.0 Å². The second-order valence-electron chi connectivity index (χ2n) is 5.64. The van der Waals surface area contributed by atoms with Gasteiger partial charge in [0.05, 0.1) is 34.0 Å². The molecule has 0 bridgehead atoms. The minimum absolute atomic E-state index is 0.159. The van der Waals surface area contributed by atoms with Gasteiger partial charge in [0.25, 0.3) is 0 Å². The molecule has 28 heavy (non-hydrogen) atoms. The molecule has 1 heterocycles. The maximum atomic E-state index is 12.3. The van der Waals surface area contributed by atoms with E-state index in [4.69, 9.17) is 23.7 Å². The van der Waals surface area contributed by atoms with Gasteiger partial charge in [-0.05, 0) is 57.9 Å². The van der Waals surface area contributed by atoms with E-state index in [1.807, 2.05) is 0 Å². The van der Waals surface area contributed by atoms with Gasteiger partial charge in [0.15, 0.2) is 17.2 Å². The number of hydrogen-bond donors (Lipinski definition) is 0. The fourth-order valence-electron chi connectivity index (χ4n) is 2.66. The molecule has 0 unspecified atom stereocenters. The Balaban J connectivity index is 2.00. The molecule has 0 saturated carbocycles. The average molecular weight is 448 g/mol. The number of methoxy groups -OCH3 is 4. The smallest absolute Gasteiger partial charge is 0.363 e. The monoisotopic (exact) mass is 447 g/mol. The predicted molar refractivity (Wildman–Crippen MR) is 107 cm³/mol. The van der Waals surface area contributed by atoms with Crippen molar-refractivity contribution in [2.75, 3.05) is 28.4 Å². The van der Waals surface area contributed by atoms with Crippen molar-refractivity contribution in [3.05, 3.63) is 51.6 Å². The van der Waals surface area contributed by atoms with E-state index in [0.717, 1.165) is 0 Å². The molecule has 0 amide bonds. The molecule has 8 heteroatoms. The molecule has 0 radical (unpaired) electrons. The maximum Gasteiger partial charge on any atom is 0.363 e. The summed E-state index contributed by atoms with van der Waals surface area (Å²) in [5.41, 5.74) is 1.45. The lowest BCUT2D eigenvalue weighted by Crippen LogP contribution is -2.06. The van der Waals surface area contributed by atoms with E-state index in [1.54, 1.807) is 43.5 Å². The van der Waals surface area contributed by atoms with E-state index in [9.17, 15) is 4.79 Å². The van der Waals surface area contributed by atoms with Crippen LogP contribution < -0.4 is 18.9 Å². The number of nitrogens with zero attached hydrogens (tertiary/aromatic N) is 1. The van der Waals surface area contributed by atoms with Crippen LogP contribution in [-0.4, -0.2) is 40.3 Å². The van der Waals surface area contributed by atoms with Crippen LogP contribution in [0.15, 0.2) is 45.5 Å². The van der Waals surface area contributed by atoms with E-state index in [1.165, 1.54) is 21.3 Å². The molecular formula is C20H18BrNO6. The molecule has 0 atom stereocenters. The average Bonchev–Trinajstić information content (AvgIpc) is 3.06. The zero-order valence-electron chi connectivity index (χ0n) is 15.7. The standard InChI is InChI=1S/C20H18BrNO6/c1-24-12-5-6-13(14(21)10-12)19-22-15(20(23)28-19)7-11-8-16(25-2)18(27-4)17(9-11)26-3/h5-10H,1-4H3/b15-7+. The van der Waals surface area contributed by atoms with Crippen LogP contribution in [0.1, 0.15) is 11.1 Å². The van der Waals surface area contributed by atoms with E-state index < -0.39 is 5.97 Å². The van der Waals surface area contributed by atoms with Crippen LogP contribution in [0, 0.1) is 0 Å². The van der Waals surface area contributed by atoms with Gasteiger partial charge < -0.3 is 23.7 Å². The molecule has 2 aromatic carbocycles. The lowest BCUT2D eigenvalue weighted by atomic mass is 10.1. The molecule has 2 aromatic rings. The highest BCUT2D eigenvalue weighted by Crippen LogP contribution is 2.39. The molecule has 0 saturated heterocycles. The number of carbonyl (C=O) groups excluding carboxylic acids is 1. The fraction of sp³-hybridized carbons (Fsp3) is 0.200. The van der Waals surface area contributed by atoms with Crippen molar-refractivity contribution in [1.82, 2.24) is 0 Å². The van der Waals surface area contributed by atoms with Gasteiger partial charge in [-0.25, -0.2) is 9.79 Å². The third kappa shape index (κ3) is 3.82. The first-order valence-electron chi connectivity index (χ1n) is 8.17. The number of hydrogen-bond acceptors (Lipinski definition) is 7. The third-order valence-corrected chi connectivity index (χ3v) is 4.67. The summed E-state index contributed by atoms with van der Waals surface area (Å²) in [6.45, 7) is 0. The molecule has 1 aliphatic rings. The van der Waals surface area contributed by atoms with Crippen molar-refractivity contribution in [3.8, 4) is 23.0 Å². The van der Waals surface area contributed by atoms with E-state index >= 15 is 0 Å². The number of ether oxygens (including phenoxy) is 5. The lowest BCUT2D eigenvalue weighted by molar-refractivity contribution is -0.129. The Morgan fingerprint density at radius 1 is 0.964 bits per heavy atom. The summed E-state index contributed by atoms with van der Waals surface area (Å²) in [6, 6.07) is 8.73. The first-order valence-corrected chi connectivity index (χ1v) is 8.96. The first kappa shape index (κ1) is 19.8. The van der Waals surface area contributed by atoms with Gasteiger partial charge in [-0.3, -0.25) is 0 Å². The summed E-state index contributed by atoms with van der Waals surface area (Å²) in [4.78, 5) is 16.6. The first-order chi connectivity index (χ1) is 13.5. The van der Waals surface area contributed by atoms with Gasteiger partial charge in [-0.15, -0.1) is 0 Å². The highest BCUT2D eigenvalue weighted by atomic mass is 79.9. The normalized spacial score (nSPS) is 14.5. The molecule has 146 valence electrons. The SMILES string of the molecule is COc1ccc(C2=N/C(=C/c3cc(OC)c(OC)c(OC)c3)C(=O)O2)c(Br)c1. The molecule has 0 aromatic heterocycles. The summed E-state index contributed by atoms with van der Waals surface area (Å²) >= 11 is 3.44. The van der Waals surface area contributed by atoms with Crippen LogP contribution in [-0.2, 0) is 9.53 Å². The van der Waals surface area contributed by atoms with Gasteiger partial charge in [0.2, 0.25) is 11.6 Å². The number of rotatable bonds is 6. The van der Waals surface area contributed by atoms with Crippen LogP contribution >= 0.6 is 15.9 Å². The Labute approximate surface area is 170 Å². The molecule has 1 aliphatic heterocycles. The van der Waals surface area contributed by atoms with Gasteiger partial charge in [0.1, 0.15) is 5.75 Å². The van der Waals surface area contributed by atoms with E-state index in [2.05, 4.69) is 20.9 Å². The number of cyclic esters (lactones) is 1. The minimum atomic E-state index is -0.550. The predicted octanol–water partition coefficient (Wildman–Crippen LogP) is 3.83. The number of benzene rings is 2. The molecule has 7 nitrogen and oxygen atoms in total. The Hall–Kier alpha value is -3.00. The minimum Gasteiger partial charge on any atom is -0.497 e. The quantitative estimate of drug-likeness (QED) is 0.494. The largest absolute Gasteiger partial charge is 0.497 e. The highest BCUT2D eigenvalue weighted by Gasteiger charge is 2.26. The van der Waals surface area contributed by atoms with Crippen LogP contribution in [0.25, 0.3) is 6.08 Å². The van der Waals surface area contributed by atoms with Crippen molar-refractivity contribution in [2.24, 2.45) is 4.99 Å². The zero-order chi connectivity index (χ0) is 20.3. The zero-order valence-corrected chi connectivity index (χ0v) is 17.3. The van der Waals surface area contributed by atoms with Crippen molar-refractivity contribution >= 4 is 33.9 Å². The maximum absolute atomic E-state index is 12.3. The molecule has 0 N–H and O–H groups in total. The number of esters is 1. The molecular weight excluding hydrogens is 430 g/mol. The summed E-state index contributed by atoms with van der Waals surface area (Å²) in [6.07, 6.45) is 1.59. The summed E-state index contributed by atoms with van der Waals surface area (Å²) in [5.74, 6) is 1.75. The summed E-state index contributed by atoms with van der Waals surface area (Å²) < 4.78 is 27.2. The number of aliphatic imine (C=N–C) groups is 1. The second-order valence-corrected chi connectivity index (χ2v) is 6.49. The Morgan fingerprint density at radius 2 is 1.64 bits per heavy atom. The molecule has 0 aliphatic carbocycles. The highest BCUT2D eigenvalue weighted by molar-refractivity contribution is 9.10. The second kappa shape index (κ2) is 8.35. The van der Waals surface area contributed by atoms with E-state index in [-0.39, 0.29) is 11.6 Å². The molecule has 0 fully saturated rings. The number of carbonyl (C=O) groups is 1. The Morgan fingerprint density at radius 3 is 2.18 bits per heavy atom. The van der Waals surface area contributed by atoms with Crippen molar-refractivity contribution < 1.29 is 28.5 Å². The topological polar surface area (TPSA) is 75.6 Å². The lowest BCUT2D eigenvalue weighted by Gasteiger charge is -2.12. The fourth-order valence-corrected chi connectivity index (χ4v) is 3.19. The third-order valence-electron chi connectivity index (χ3n) is 4.02. The van der Waals surface area contributed by atoms with Crippen LogP contribution in [0.2, 0.25) is 0 Å². The Kier molecular flexibility index (Phi) is 5.89. The van der Waals surface area contributed by atoms with Crippen LogP contribution in [0.4, 0.5) is 0 Å². The summed E-state index contributed by atoms with van der Waals surface area (Å²) in [5, 5.41) is 0. The van der Waals surface area contributed by atoms with E-state index in [0.29, 0.717) is 38.6 Å². The number of halogens is 1. The summed E-state index contributed by atoms with van der Waals surface area (Å²) in [7, 11) is 6.15. The van der Waals surface area contributed by atoms with Crippen LogP contribution in [0.3, 0.4) is 0 Å². The molecule has 3 rings (SSSR count). The van der Waals surface area contributed by atoms with Gasteiger partial charge in [-0.1, -0.05) is 0 Å². The van der Waals surface area contributed by atoms with Gasteiger partial charge in [0, 0.05) is 4.47 Å². The van der Waals surface area contributed by atoms with Gasteiger partial charge in [-0.2, -0.15) is 0 Å². The van der Waals surface area contributed by atoms with Gasteiger partial charge >= 0.3 is 5.97 Å². The van der Waals surface area contributed by atoms with Crippen molar-refractivity contribution in [1.29, 1.82) is 0 Å². The Bertz CT molecular complexity index is 958. The molecule has 0 spiro atoms. The van der Waals surface area contributed by atoms with Crippen molar-refractivity contribution in [2.45, 2.75) is 0 Å².